The Hall–Kier alpha value is -1.85. The van der Waals surface area contributed by atoms with Gasteiger partial charge < -0.3 is 9.88 Å². The minimum Gasteiger partial charge on any atom is -0.330 e. The number of aromatic amines is 2. The topological polar surface area (TPSA) is 86.0 Å². The molecule has 16 heavy (non-hydrogen) atoms. The molecule has 0 radical (unpaired) electrons. The maximum atomic E-state index is 11.9. The van der Waals surface area contributed by atoms with Gasteiger partial charge in [0.1, 0.15) is 5.69 Å². The summed E-state index contributed by atoms with van der Waals surface area (Å²) >= 11 is 0. The molecule has 2 heterocycles. The number of fused-ring (bicyclic) bond motifs is 1. The van der Waals surface area contributed by atoms with Crippen LogP contribution in [0, 0.1) is 0 Å². The van der Waals surface area contributed by atoms with Crippen LogP contribution in [0.4, 0.5) is 0 Å². The minimum absolute atomic E-state index is 0.0582. The zero-order valence-corrected chi connectivity index (χ0v) is 9.16. The highest BCUT2D eigenvalue weighted by Crippen LogP contribution is 2.20. The minimum atomic E-state index is -0.636. The van der Waals surface area contributed by atoms with E-state index in [1.807, 2.05) is 13.8 Å². The van der Waals surface area contributed by atoms with E-state index < -0.39 is 11.2 Å². The molecule has 0 saturated carbocycles. The van der Waals surface area contributed by atoms with Crippen LogP contribution in [-0.4, -0.2) is 26.8 Å². The van der Waals surface area contributed by atoms with Gasteiger partial charge in [0.25, 0.3) is 11.5 Å². The highest BCUT2D eigenvalue weighted by atomic mass is 16.2. The van der Waals surface area contributed by atoms with E-state index in [9.17, 15) is 14.4 Å². The SMILES string of the molecule is CCC(C)N1Cc2c([nH]c(=O)[nH]c2=O)C1=O. The number of nitrogens with one attached hydrogen (secondary N) is 2. The summed E-state index contributed by atoms with van der Waals surface area (Å²) in [5.41, 5.74) is -0.625. The Balaban J connectivity index is 2.50. The van der Waals surface area contributed by atoms with Gasteiger partial charge in [-0.05, 0) is 13.3 Å². The van der Waals surface area contributed by atoms with Gasteiger partial charge in [-0.15, -0.1) is 0 Å². The lowest BCUT2D eigenvalue weighted by atomic mass is 10.2. The molecular weight excluding hydrogens is 210 g/mol. The predicted molar refractivity (Wildman–Crippen MR) is 57.3 cm³/mol. The first-order chi connectivity index (χ1) is 7.54. The smallest absolute Gasteiger partial charge is 0.326 e. The maximum Gasteiger partial charge on any atom is 0.326 e. The Bertz CT molecular complexity index is 543. The molecule has 1 atom stereocenters. The van der Waals surface area contributed by atoms with E-state index in [-0.39, 0.29) is 24.2 Å². The van der Waals surface area contributed by atoms with Crippen LogP contribution in [0.3, 0.4) is 0 Å². The second-order valence-corrected chi connectivity index (χ2v) is 3.95. The average molecular weight is 223 g/mol. The van der Waals surface area contributed by atoms with E-state index in [4.69, 9.17) is 0 Å². The summed E-state index contributed by atoms with van der Waals surface area (Å²) in [5, 5.41) is 0. The van der Waals surface area contributed by atoms with Crippen LogP contribution in [0.25, 0.3) is 0 Å². The van der Waals surface area contributed by atoms with Crippen LogP contribution in [0.15, 0.2) is 9.59 Å². The van der Waals surface area contributed by atoms with Crippen LogP contribution < -0.4 is 11.2 Å². The highest BCUT2D eigenvalue weighted by molar-refractivity contribution is 5.96. The van der Waals surface area contributed by atoms with Gasteiger partial charge in [0, 0.05) is 6.04 Å². The zero-order valence-electron chi connectivity index (χ0n) is 9.16. The maximum absolute atomic E-state index is 11.9. The first-order valence-corrected chi connectivity index (χ1v) is 5.21. The van der Waals surface area contributed by atoms with Crippen LogP contribution >= 0.6 is 0 Å². The molecule has 1 aliphatic rings. The molecule has 6 heteroatoms. The number of hydrogen-bond acceptors (Lipinski definition) is 3. The first kappa shape index (κ1) is 10.7. The lowest BCUT2D eigenvalue weighted by Gasteiger charge is -2.22. The molecule has 2 rings (SSSR count). The number of H-pyrrole nitrogens is 2. The second-order valence-electron chi connectivity index (χ2n) is 3.95. The number of carbonyl (C=O) groups is 1. The molecule has 0 saturated heterocycles. The van der Waals surface area contributed by atoms with Crippen molar-refractivity contribution in [3.05, 3.63) is 32.1 Å². The molecule has 0 fully saturated rings. The number of nitrogens with zero attached hydrogens (tertiary/aromatic N) is 1. The Labute approximate surface area is 91.3 Å². The normalized spacial score (nSPS) is 16.4. The van der Waals surface area contributed by atoms with Crippen molar-refractivity contribution in [3.63, 3.8) is 0 Å². The van der Waals surface area contributed by atoms with Crippen LogP contribution in [0.5, 0.6) is 0 Å². The summed E-state index contributed by atoms with van der Waals surface area (Å²) in [5.74, 6) is -0.271. The largest absolute Gasteiger partial charge is 0.330 e. The average Bonchev–Trinajstić information content (AvgIpc) is 2.56. The molecule has 2 N–H and O–H groups in total. The van der Waals surface area contributed by atoms with E-state index in [0.717, 1.165) is 6.42 Å². The van der Waals surface area contributed by atoms with Gasteiger partial charge in [-0.1, -0.05) is 6.92 Å². The molecule has 1 amide bonds. The molecule has 86 valence electrons. The van der Waals surface area contributed by atoms with Crippen molar-refractivity contribution in [2.45, 2.75) is 32.9 Å². The van der Waals surface area contributed by atoms with Crippen molar-refractivity contribution in [2.75, 3.05) is 0 Å². The lowest BCUT2D eigenvalue weighted by Crippen LogP contribution is -2.33. The lowest BCUT2D eigenvalue weighted by molar-refractivity contribution is 0.0709. The number of amides is 1. The predicted octanol–water partition coefficient (Wildman–Crippen LogP) is -0.182. The summed E-state index contributed by atoms with van der Waals surface area (Å²) in [6.07, 6.45) is 0.807. The van der Waals surface area contributed by atoms with Crippen molar-refractivity contribution < 1.29 is 4.79 Å². The standard InChI is InChI=1S/C10H13N3O3/c1-3-5(2)13-4-6-7(9(13)15)11-10(16)12-8(6)14/h5H,3-4H2,1-2H3,(H2,11,12,14,16). The number of aromatic nitrogens is 2. The van der Waals surface area contributed by atoms with Gasteiger partial charge >= 0.3 is 5.69 Å². The Morgan fingerprint density at radius 2 is 2.00 bits per heavy atom. The number of rotatable bonds is 2. The van der Waals surface area contributed by atoms with Gasteiger partial charge in [0.2, 0.25) is 0 Å². The van der Waals surface area contributed by atoms with Gasteiger partial charge in [0.15, 0.2) is 0 Å². The molecule has 6 nitrogen and oxygen atoms in total. The Morgan fingerprint density at radius 1 is 1.31 bits per heavy atom. The van der Waals surface area contributed by atoms with Gasteiger partial charge in [-0.25, -0.2) is 4.79 Å². The van der Waals surface area contributed by atoms with Crippen molar-refractivity contribution >= 4 is 5.91 Å². The summed E-state index contributed by atoms with van der Waals surface area (Å²) in [6, 6.07) is 0.0582. The van der Waals surface area contributed by atoms with E-state index in [2.05, 4.69) is 9.97 Å². The van der Waals surface area contributed by atoms with Crippen molar-refractivity contribution in [1.29, 1.82) is 0 Å². The van der Waals surface area contributed by atoms with Crippen molar-refractivity contribution in [2.24, 2.45) is 0 Å². The number of hydrogen-bond donors (Lipinski definition) is 2. The fourth-order valence-electron chi connectivity index (χ4n) is 1.81. The third-order valence-corrected chi connectivity index (χ3v) is 2.97. The molecule has 1 aliphatic heterocycles. The Morgan fingerprint density at radius 3 is 2.62 bits per heavy atom. The molecule has 0 aliphatic carbocycles. The van der Waals surface area contributed by atoms with Crippen molar-refractivity contribution in [3.8, 4) is 0 Å². The van der Waals surface area contributed by atoms with Gasteiger partial charge in [0.05, 0.1) is 12.1 Å². The van der Waals surface area contributed by atoms with Crippen LogP contribution in [0.1, 0.15) is 36.3 Å². The number of carbonyl (C=O) groups excluding carboxylic acids is 1. The summed E-state index contributed by atoms with van der Waals surface area (Å²) in [7, 11) is 0. The summed E-state index contributed by atoms with van der Waals surface area (Å²) < 4.78 is 0. The third kappa shape index (κ3) is 1.46. The quantitative estimate of drug-likeness (QED) is 0.729. The van der Waals surface area contributed by atoms with Gasteiger partial charge in [-0.3, -0.25) is 14.6 Å². The van der Waals surface area contributed by atoms with E-state index >= 15 is 0 Å². The molecule has 1 aromatic heterocycles. The van der Waals surface area contributed by atoms with Crippen LogP contribution in [-0.2, 0) is 6.54 Å². The van der Waals surface area contributed by atoms with Crippen LogP contribution in [0.2, 0.25) is 0 Å². The van der Waals surface area contributed by atoms with Crippen molar-refractivity contribution in [1.82, 2.24) is 14.9 Å². The molecule has 0 spiro atoms. The van der Waals surface area contributed by atoms with E-state index in [1.54, 1.807) is 4.90 Å². The monoisotopic (exact) mass is 223 g/mol. The molecule has 1 unspecified atom stereocenters. The Kier molecular flexibility index (Phi) is 2.41. The second kappa shape index (κ2) is 3.62. The fraction of sp³-hybridized carbons (Fsp3) is 0.500. The summed E-state index contributed by atoms with van der Waals surface area (Å²) in [4.78, 5) is 40.5. The highest BCUT2D eigenvalue weighted by Gasteiger charge is 2.33. The summed E-state index contributed by atoms with van der Waals surface area (Å²) in [6.45, 7) is 4.15. The van der Waals surface area contributed by atoms with Gasteiger partial charge in [-0.2, -0.15) is 0 Å². The third-order valence-electron chi connectivity index (χ3n) is 2.97. The van der Waals surface area contributed by atoms with E-state index in [1.165, 1.54) is 0 Å². The molecule has 0 aromatic carbocycles. The molecule has 1 aromatic rings. The molecular formula is C10H13N3O3. The van der Waals surface area contributed by atoms with E-state index in [0.29, 0.717) is 5.56 Å². The fourth-order valence-corrected chi connectivity index (χ4v) is 1.81. The first-order valence-electron chi connectivity index (χ1n) is 5.21. The molecule has 0 bridgehead atoms. The zero-order chi connectivity index (χ0) is 11.9.